The number of hydrogen-bond acceptors (Lipinski definition) is 1. The molecule has 1 unspecified atom stereocenters. The summed E-state index contributed by atoms with van der Waals surface area (Å²) in [6.45, 7) is 0. The fraction of sp³-hybridized carbons (Fsp3) is 0.167. The molecule has 1 atom stereocenters. The molecule has 2 aromatic carbocycles. The highest BCUT2D eigenvalue weighted by Gasteiger charge is 2.25. The number of primary amides is 1. The fourth-order valence-electron chi connectivity index (χ4n) is 2.85. The molecular formula is C18H18N2O. The molecule has 0 spiro atoms. The van der Waals surface area contributed by atoms with Crippen molar-refractivity contribution in [2.75, 3.05) is 0 Å². The number of benzene rings is 2. The quantitative estimate of drug-likeness (QED) is 0.704. The highest BCUT2D eigenvalue weighted by atomic mass is 16.1. The van der Waals surface area contributed by atoms with Crippen LogP contribution in [0.2, 0.25) is 0 Å². The Hall–Kier alpha value is -2.55. The number of aromatic nitrogens is 1. The molecule has 0 fully saturated rings. The number of carbonyl (C=O) groups excluding carboxylic acids is 1. The summed E-state index contributed by atoms with van der Waals surface area (Å²) < 4.78 is 0. The number of para-hydroxylation sites is 1. The molecule has 1 amide bonds. The van der Waals surface area contributed by atoms with Crippen LogP contribution in [0.3, 0.4) is 0 Å². The third kappa shape index (κ3) is 2.82. The number of fused-ring (bicyclic) bond motifs is 2. The largest absolute Gasteiger partial charge is 0.369 e. The maximum Gasteiger partial charge on any atom is 0.224 e. The number of amides is 1. The van der Waals surface area contributed by atoms with Gasteiger partial charge in [-0.05, 0) is 41.5 Å². The minimum Gasteiger partial charge on any atom is -0.369 e. The van der Waals surface area contributed by atoms with Gasteiger partial charge in [0, 0.05) is 11.7 Å². The SMILES string of the molecule is NC(=O)C1CCc2ccccc21.c1ccc2[nH]ccc2c1. The van der Waals surface area contributed by atoms with Crippen LogP contribution in [0, 0.1) is 0 Å². The van der Waals surface area contributed by atoms with E-state index in [-0.39, 0.29) is 11.8 Å². The van der Waals surface area contributed by atoms with Gasteiger partial charge in [0.15, 0.2) is 0 Å². The number of nitrogens with two attached hydrogens (primary N) is 1. The maximum absolute atomic E-state index is 11.0. The second-order valence-electron chi connectivity index (χ2n) is 5.26. The molecule has 1 aliphatic rings. The van der Waals surface area contributed by atoms with E-state index in [1.165, 1.54) is 16.5 Å². The van der Waals surface area contributed by atoms with Crippen molar-refractivity contribution in [3.8, 4) is 0 Å². The lowest BCUT2D eigenvalue weighted by molar-refractivity contribution is -0.119. The molecular weight excluding hydrogens is 260 g/mol. The Morgan fingerprint density at radius 3 is 2.62 bits per heavy atom. The van der Waals surface area contributed by atoms with Crippen LogP contribution >= 0.6 is 0 Å². The van der Waals surface area contributed by atoms with Gasteiger partial charge >= 0.3 is 0 Å². The molecule has 0 saturated carbocycles. The number of nitrogens with one attached hydrogen (secondary N) is 1. The summed E-state index contributed by atoms with van der Waals surface area (Å²) in [6, 6.07) is 18.3. The summed E-state index contributed by atoms with van der Waals surface area (Å²) in [5, 5.41) is 1.28. The Labute approximate surface area is 123 Å². The van der Waals surface area contributed by atoms with Crippen LogP contribution in [0.4, 0.5) is 0 Å². The van der Waals surface area contributed by atoms with Crippen LogP contribution in [0.25, 0.3) is 10.9 Å². The number of H-pyrrole nitrogens is 1. The van der Waals surface area contributed by atoms with E-state index < -0.39 is 0 Å². The zero-order chi connectivity index (χ0) is 14.7. The molecule has 3 aromatic rings. The monoisotopic (exact) mass is 278 g/mol. The third-order valence-electron chi connectivity index (χ3n) is 3.94. The maximum atomic E-state index is 11.0. The van der Waals surface area contributed by atoms with Crippen molar-refractivity contribution in [1.29, 1.82) is 0 Å². The van der Waals surface area contributed by atoms with Gasteiger partial charge in [-0.15, -0.1) is 0 Å². The fourth-order valence-corrected chi connectivity index (χ4v) is 2.85. The number of aromatic amines is 1. The summed E-state index contributed by atoms with van der Waals surface area (Å²) in [7, 11) is 0. The van der Waals surface area contributed by atoms with Gasteiger partial charge in [-0.1, -0.05) is 42.5 Å². The topological polar surface area (TPSA) is 58.9 Å². The summed E-state index contributed by atoms with van der Waals surface area (Å²) in [5.41, 5.74) is 8.89. The van der Waals surface area contributed by atoms with Crippen LogP contribution in [0.5, 0.6) is 0 Å². The van der Waals surface area contributed by atoms with Crippen molar-refractivity contribution in [2.24, 2.45) is 5.73 Å². The Bertz CT molecular complexity index is 730. The predicted octanol–water partition coefficient (Wildman–Crippen LogP) is 3.37. The first-order chi connectivity index (χ1) is 10.3. The molecule has 1 aromatic heterocycles. The van der Waals surface area contributed by atoms with Crippen LogP contribution in [0.1, 0.15) is 23.5 Å². The molecule has 3 nitrogen and oxygen atoms in total. The molecule has 0 radical (unpaired) electrons. The summed E-state index contributed by atoms with van der Waals surface area (Å²) in [4.78, 5) is 14.1. The van der Waals surface area contributed by atoms with E-state index in [9.17, 15) is 4.79 Å². The Morgan fingerprint density at radius 1 is 1.05 bits per heavy atom. The highest BCUT2D eigenvalue weighted by molar-refractivity contribution is 5.83. The first-order valence-electron chi connectivity index (χ1n) is 7.15. The molecule has 0 aliphatic heterocycles. The van der Waals surface area contributed by atoms with Gasteiger partial charge in [0.25, 0.3) is 0 Å². The summed E-state index contributed by atoms with van der Waals surface area (Å²) >= 11 is 0. The van der Waals surface area contributed by atoms with Crippen LogP contribution in [-0.4, -0.2) is 10.9 Å². The minimum atomic E-state index is -0.194. The zero-order valence-electron chi connectivity index (χ0n) is 11.8. The van der Waals surface area contributed by atoms with E-state index >= 15 is 0 Å². The second kappa shape index (κ2) is 5.83. The van der Waals surface area contributed by atoms with Crippen LogP contribution in [0.15, 0.2) is 60.8 Å². The van der Waals surface area contributed by atoms with E-state index in [2.05, 4.69) is 29.2 Å². The minimum absolute atomic E-state index is 0.0406. The summed E-state index contributed by atoms with van der Waals surface area (Å²) in [5.74, 6) is -0.235. The average Bonchev–Trinajstić information content (AvgIpc) is 3.14. The van der Waals surface area contributed by atoms with Gasteiger partial charge < -0.3 is 10.7 Å². The van der Waals surface area contributed by atoms with Crippen molar-refractivity contribution >= 4 is 16.8 Å². The van der Waals surface area contributed by atoms with Crippen LogP contribution in [-0.2, 0) is 11.2 Å². The molecule has 4 rings (SSSR count). The van der Waals surface area contributed by atoms with Gasteiger partial charge in [0.05, 0.1) is 5.92 Å². The standard InChI is InChI=1S/C10H11NO.C8H7N/c11-10(12)9-6-5-7-3-1-2-4-8(7)9;1-2-4-8-7(3-1)5-6-9-8/h1-4,9H,5-6H2,(H2,11,12);1-6,9H. The lowest BCUT2D eigenvalue weighted by Crippen LogP contribution is -2.19. The van der Waals surface area contributed by atoms with Crippen molar-refractivity contribution < 1.29 is 4.79 Å². The second-order valence-corrected chi connectivity index (χ2v) is 5.26. The number of aryl methyl sites for hydroxylation is 1. The van der Waals surface area contributed by atoms with Gasteiger partial charge in [-0.3, -0.25) is 4.79 Å². The molecule has 0 saturated heterocycles. The molecule has 21 heavy (non-hydrogen) atoms. The van der Waals surface area contributed by atoms with Gasteiger partial charge in [-0.25, -0.2) is 0 Å². The number of rotatable bonds is 1. The summed E-state index contributed by atoms with van der Waals surface area (Å²) in [6.07, 6.45) is 3.82. The van der Waals surface area contributed by atoms with Crippen LogP contribution < -0.4 is 5.73 Å². The molecule has 106 valence electrons. The normalized spacial score (nSPS) is 16.1. The molecule has 3 heteroatoms. The van der Waals surface area contributed by atoms with E-state index in [1.807, 2.05) is 36.5 Å². The van der Waals surface area contributed by atoms with Crippen molar-refractivity contribution in [3.05, 3.63) is 71.9 Å². The predicted molar refractivity (Wildman–Crippen MR) is 85.0 cm³/mol. The van der Waals surface area contributed by atoms with E-state index in [0.29, 0.717) is 0 Å². The highest BCUT2D eigenvalue weighted by Crippen LogP contribution is 2.32. The Kier molecular flexibility index (Phi) is 3.73. The third-order valence-corrected chi connectivity index (χ3v) is 3.94. The zero-order valence-corrected chi connectivity index (χ0v) is 11.8. The lowest BCUT2D eigenvalue weighted by atomic mass is 10.0. The molecule has 1 heterocycles. The van der Waals surface area contributed by atoms with Gasteiger partial charge in [0.1, 0.15) is 0 Å². The van der Waals surface area contributed by atoms with Crippen molar-refractivity contribution in [1.82, 2.24) is 4.98 Å². The average molecular weight is 278 g/mol. The van der Waals surface area contributed by atoms with E-state index in [0.717, 1.165) is 18.4 Å². The Balaban J connectivity index is 0.000000131. The Morgan fingerprint density at radius 2 is 1.81 bits per heavy atom. The first kappa shape index (κ1) is 13.4. The first-order valence-corrected chi connectivity index (χ1v) is 7.15. The lowest BCUT2D eigenvalue weighted by Gasteiger charge is -2.05. The number of hydrogen-bond donors (Lipinski definition) is 2. The van der Waals surface area contributed by atoms with Gasteiger partial charge in [0.2, 0.25) is 5.91 Å². The number of carbonyl (C=O) groups is 1. The van der Waals surface area contributed by atoms with E-state index in [4.69, 9.17) is 5.73 Å². The molecule has 3 N–H and O–H groups in total. The molecule has 1 aliphatic carbocycles. The smallest absolute Gasteiger partial charge is 0.224 e. The van der Waals surface area contributed by atoms with Gasteiger partial charge in [-0.2, -0.15) is 0 Å². The molecule has 0 bridgehead atoms. The van der Waals surface area contributed by atoms with E-state index in [1.54, 1.807) is 0 Å². The van der Waals surface area contributed by atoms with Crippen molar-refractivity contribution in [2.45, 2.75) is 18.8 Å². The van der Waals surface area contributed by atoms with Crippen molar-refractivity contribution in [3.63, 3.8) is 0 Å².